The topological polar surface area (TPSA) is 61.9 Å². The van der Waals surface area contributed by atoms with Crippen LogP contribution in [-0.2, 0) is 16.0 Å². The molecule has 0 unspecified atom stereocenters. The Morgan fingerprint density at radius 3 is 2.43 bits per heavy atom. The summed E-state index contributed by atoms with van der Waals surface area (Å²) >= 11 is 6.04. The highest BCUT2D eigenvalue weighted by Crippen LogP contribution is 2.20. The molecule has 1 saturated heterocycles. The first-order chi connectivity index (χ1) is 13.6. The summed E-state index contributed by atoms with van der Waals surface area (Å²) in [4.78, 5) is 28.3. The van der Waals surface area contributed by atoms with Gasteiger partial charge in [-0.3, -0.25) is 9.59 Å². The smallest absolute Gasteiger partial charge is 0.312 e. The number of nitrogens with zero attached hydrogens (tertiary/aromatic N) is 2. The summed E-state index contributed by atoms with van der Waals surface area (Å²) in [7, 11) is 1.62. The Bertz CT molecular complexity index is 818. The second-order valence-electron chi connectivity index (χ2n) is 6.61. The molecule has 1 fully saturated rings. The van der Waals surface area contributed by atoms with E-state index in [1.54, 1.807) is 12.0 Å². The number of halogens is 1. The van der Waals surface area contributed by atoms with Gasteiger partial charge in [-0.2, -0.15) is 0 Å². The average molecular weight is 402 g/mol. The Kier molecular flexibility index (Phi) is 6.76. The maximum absolute atomic E-state index is 12.4. The molecule has 6 nitrogen and oxygen atoms in total. The van der Waals surface area contributed by atoms with E-state index in [-0.39, 0.29) is 0 Å². The van der Waals surface area contributed by atoms with Crippen LogP contribution in [0.2, 0.25) is 5.02 Å². The Morgan fingerprint density at radius 1 is 1.07 bits per heavy atom. The summed E-state index contributed by atoms with van der Waals surface area (Å²) in [6, 6.07) is 15.3. The molecule has 0 radical (unpaired) electrons. The summed E-state index contributed by atoms with van der Waals surface area (Å²) in [6.07, 6.45) is 0.658. The maximum atomic E-state index is 12.4. The third-order valence-electron chi connectivity index (χ3n) is 4.79. The fraction of sp³-hybridized carbons (Fsp3) is 0.333. The standard InChI is InChI=1S/C21H24ClN3O3/c1-28-19-7-5-16(6-8-19)9-10-23-20(26)21(27)25-13-11-24(12-14-25)18-4-2-3-17(22)15-18/h2-8,15H,9-14H2,1H3,(H,23,26). The summed E-state index contributed by atoms with van der Waals surface area (Å²) in [5.41, 5.74) is 2.10. The third-order valence-corrected chi connectivity index (χ3v) is 5.03. The monoisotopic (exact) mass is 401 g/mol. The van der Waals surface area contributed by atoms with Gasteiger partial charge in [0, 0.05) is 43.4 Å². The van der Waals surface area contributed by atoms with Gasteiger partial charge < -0.3 is 19.9 Å². The van der Waals surface area contributed by atoms with E-state index in [0.717, 1.165) is 17.0 Å². The van der Waals surface area contributed by atoms with Gasteiger partial charge in [0.1, 0.15) is 5.75 Å². The maximum Gasteiger partial charge on any atom is 0.312 e. The van der Waals surface area contributed by atoms with Gasteiger partial charge in [-0.15, -0.1) is 0 Å². The predicted molar refractivity (Wildman–Crippen MR) is 110 cm³/mol. The minimum absolute atomic E-state index is 0.416. The van der Waals surface area contributed by atoms with Crippen LogP contribution in [0.25, 0.3) is 0 Å². The lowest BCUT2D eigenvalue weighted by Crippen LogP contribution is -2.52. The lowest BCUT2D eigenvalue weighted by molar-refractivity contribution is -0.146. The van der Waals surface area contributed by atoms with Crippen LogP contribution in [-0.4, -0.2) is 56.5 Å². The molecule has 2 aromatic carbocycles. The zero-order valence-electron chi connectivity index (χ0n) is 15.9. The van der Waals surface area contributed by atoms with Gasteiger partial charge in [0.15, 0.2) is 0 Å². The molecule has 1 N–H and O–H groups in total. The van der Waals surface area contributed by atoms with Gasteiger partial charge in [0.25, 0.3) is 0 Å². The van der Waals surface area contributed by atoms with Crippen molar-refractivity contribution in [3.8, 4) is 5.75 Å². The molecule has 1 aliphatic heterocycles. The SMILES string of the molecule is COc1ccc(CCNC(=O)C(=O)N2CCN(c3cccc(Cl)c3)CC2)cc1. The van der Waals surface area contributed by atoms with Crippen molar-refractivity contribution in [2.75, 3.05) is 44.7 Å². The molecule has 0 aliphatic carbocycles. The molecule has 1 heterocycles. The van der Waals surface area contributed by atoms with Crippen LogP contribution in [0.4, 0.5) is 5.69 Å². The number of anilines is 1. The fourth-order valence-electron chi connectivity index (χ4n) is 3.17. The predicted octanol–water partition coefficient (Wildman–Crippen LogP) is 2.36. The Labute approximate surface area is 170 Å². The highest BCUT2D eigenvalue weighted by Gasteiger charge is 2.25. The molecule has 1 aliphatic rings. The highest BCUT2D eigenvalue weighted by atomic mass is 35.5. The highest BCUT2D eigenvalue weighted by molar-refractivity contribution is 6.35. The van der Waals surface area contributed by atoms with Crippen LogP contribution >= 0.6 is 11.6 Å². The lowest BCUT2D eigenvalue weighted by atomic mass is 10.1. The van der Waals surface area contributed by atoms with Gasteiger partial charge >= 0.3 is 11.8 Å². The van der Waals surface area contributed by atoms with E-state index in [1.807, 2.05) is 48.5 Å². The first-order valence-corrected chi connectivity index (χ1v) is 9.65. The van der Waals surface area contributed by atoms with Crippen molar-refractivity contribution in [1.29, 1.82) is 0 Å². The number of hydrogen-bond donors (Lipinski definition) is 1. The van der Waals surface area contributed by atoms with Gasteiger partial charge in [-0.05, 0) is 42.3 Å². The molecule has 3 rings (SSSR count). The molecule has 7 heteroatoms. The number of benzene rings is 2. The zero-order chi connectivity index (χ0) is 19.9. The molecular weight excluding hydrogens is 378 g/mol. The number of carbonyl (C=O) groups excluding carboxylic acids is 2. The Morgan fingerprint density at radius 2 is 1.79 bits per heavy atom. The van der Waals surface area contributed by atoms with Gasteiger partial charge in [-0.1, -0.05) is 29.8 Å². The molecule has 0 saturated carbocycles. The first-order valence-electron chi connectivity index (χ1n) is 9.27. The molecule has 0 aromatic heterocycles. The van der Waals surface area contributed by atoms with E-state index in [9.17, 15) is 9.59 Å². The number of amides is 2. The summed E-state index contributed by atoms with van der Waals surface area (Å²) in [5.74, 6) is -0.231. The molecule has 0 atom stereocenters. The van der Waals surface area contributed by atoms with E-state index in [1.165, 1.54) is 0 Å². The molecule has 148 valence electrons. The minimum Gasteiger partial charge on any atom is -0.497 e. The van der Waals surface area contributed by atoms with Crippen LogP contribution in [0.1, 0.15) is 5.56 Å². The van der Waals surface area contributed by atoms with Crippen molar-refractivity contribution in [3.05, 3.63) is 59.1 Å². The molecule has 28 heavy (non-hydrogen) atoms. The number of piperazine rings is 1. The van der Waals surface area contributed by atoms with Crippen molar-refractivity contribution in [2.45, 2.75) is 6.42 Å². The number of methoxy groups -OCH3 is 1. The van der Waals surface area contributed by atoms with Crippen molar-refractivity contribution in [1.82, 2.24) is 10.2 Å². The van der Waals surface area contributed by atoms with Crippen molar-refractivity contribution in [2.24, 2.45) is 0 Å². The first kappa shape index (κ1) is 20.0. The van der Waals surface area contributed by atoms with E-state index in [2.05, 4.69) is 10.2 Å². The Balaban J connectivity index is 1.43. The van der Waals surface area contributed by atoms with E-state index in [4.69, 9.17) is 16.3 Å². The third kappa shape index (κ3) is 5.16. The van der Waals surface area contributed by atoms with Crippen LogP contribution in [0, 0.1) is 0 Å². The Hall–Kier alpha value is -2.73. The number of carbonyl (C=O) groups is 2. The zero-order valence-corrected chi connectivity index (χ0v) is 16.6. The molecule has 0 spiro atoms. The quantitative estimate of drug-likeness (QED) is 0.781. The number of nitrogens with one attached hydrogen (secondary N) is 1. The van der Waals surface area contributed by atoms with Crippen LogP contribution in [0.3, 0.4) is 0 Å². The second-order valence-corrected chi connectivity index (χ2v) is 7.05. The van der Waals surface area contributed by atoms with Gasteiger partial charge in [-0.25, -0.2) is 0 Å². The van der Waals surface area contributed by atoms with Crippen LogP contribution < -0.4 is 15.0 Å². The second kappa shape index (κ2) is 9.46. The van der Waals surface area contributed by atoms with Crippen LogP contribution in [0.5, 0.6) is 5.75 Å². The molecule has 2 aromatic rings. The van der Waals surface area contributed by atoms with E-state index >= 15 is 0 Å². The van der Waals surface area contributed by atoms with Crippen molar-refractivity contribution in [3.63, 3.8) is 0 Å². The van der Waals surface area contributed by atoms with Crippen molar-refractivity contribution < 1.29 is 14.3 Å². The van der Waals surface area contributed by atoms with E-state index in [0.29, 0.717) is 44.2 Å². The van der Waals surface area contributed by atoms with Gasteiger partial charge in [0.05, 0.1) is 7.11 Å². The molecule has 0 bridgehead atoms. The van der Waals surface area contributed by atoms with E-state index < -0.39 is 11.8 Å². The minimum atomic E-state index is -0.551. The summed E-state index contributed by atoms with van der Waals surface area (Å²) < 4.78 is 5.12. The number of rotatable bonds is 5. The normalized spacial score (nSPS) is 13.9. The fourth-order valence-corrected chi connectivity index (χ4v) is 3.36. The molecular formula is C21H24ClN3O3. The molecule has 2 amide bonds. The number of ether oxygens (including phenoxy) is 1. The average Bonchev–Trinajstić information content (AvgIpc) is 2.73. The summed E-state index contributed by atoms with van der Waals surface area (Å²) in [5, 5.41) is 3.40. The number of hydrogen-bond acceptors (Lipinski definition) is 4. The van der Waals surface area contributed by atoms with Gasteiger partial charge in [0.2, 0.25) is 0 Å². The van der Waals surface area contributed by atoms with Crippen LogP contribution in [0.15, 0.2) is 48.5 Å². The summed E-state index contributed by atoms with van der Waals surface area (Å²) in [6.45, 7) is 2.78. The largest absolute Gasteiger partial charge is 0.497 e. The van der Waals surface area contributed by atoms with Crippen molar-refractivity contribution >= 4 is 29.1 Å². The lowest BCUT2D eigenvalue weighted by Gasteiger charge is -2.35.